The first-order valence-corrected chi connectivity index (χ1v) is 7.32. The zero-order chi connectivity index (χ0) is 13.8. The SMILES string of the molecule is Cc1ccc(S(=O)(=O)NC(C#N)CC(C)C)cc1. The van der Waals surface area contributed by atoms with Gasteiger partial charge < -0.3 is 0 Å². The number of hydrogen-bond acceptors (Lipinski definition) is 3. The average molecular weight is 266 g/mol. The Morgan fingerprint density at radius 3 is 2.28 bits per heavy atom. The van der Waals surface area contributed by atoms with Gasteiger partial charge in [-0.3, -0.25) is 0 Å². The lowest BCUT2D eigenvalue weighted by Crippen LogP contribution is -2.34. The molecule has 0 saturated heterocycles. The number of benzene rings is 1. The van der Waals surface area contributed by atoms with Gasteiger partial charge in [-0.1, -0.05) is 31.5 Å². The van der Waals surface area contributed by atoms with Crippen LogP contribution in [0, 0.1) is 24.2 Å². The molecule has 18 heavy (non-hydrogen) atoms. The van der Waals surface area contributed by atoms with Crippen LogP contribution >= 0.6 is 0 Å². The van der Waals surface area contributed by atoms with Gasteiger partial charge in [-0.15, -0.1) is 0 Å². The van der Waals surface area contributed by atoms with E-state index in [1.54, 1.807) is 24.3 Å². The van der Waals surface area contributed by atoms with Gasteiger partial charge in [0, 0.05) is 0 Å². The van der Waals surface area contributed by atoms with E-state index < -0.39 is 16.1 Å². The van der Waals surface area contributed by atoms with Crippen LogP contribution in [-0.4, -0.2) is 14.5 Å². The number of nitrogens with zero attached hydrogens (tertiary/aromatic N) is 1. The van der Waals surface area contributed by atoms with Gasteiger partial charge in [0.2, 0.25) is 10.0 Å². The van der Waals surface area contributed by atoms with Crippen LogP contribution in [0.2, 0.25) is 0 Å². The number of aryl methyl sites for hydroxylation is 1. The maximum atomic E-state index is 12.0. The summed E-state index contributed by atoms with van der Waals surface area (Å²) in [5.74, 6) is 0.260. The number of nitrogens with one attached hydrogen (secondary N) is 1. The van der Waals surface area contributed by atoms with Crippen LogP contribution in [-0.2, 0) is 10.0 Å². The first kappa shape index (κ1) is 14.7. The summed E-state index contributed by atoms with van der Waals surface area (Å²) in [5, 5.41) is 8.95. The van der Waals surface area contributed by atoms with E-state index in [1.807, 2.05) is 26.8 Å². The van der Waals surface area contributed by atoms with Crippen LogP contribution in [0.25, 0.3) is 0 Å². The molecule has 1 atom stereocenters. The third kappa shape index (κ3) is 4.13. The van der Waals surface area contributed by atoms with Gasteiger partial charge in [0.1, 0.15) is 6.04 Å². The molecule has 0 fully saturated rings. The number of rotatable bonds is 5. The molecule has 0 amide bonds. The molecule has 5 heteroatoms. The molecule has 0 saturated carbocycles. The quantitative estimate of drug-likeness (QED) is 0.888. The van der Waals surface area contributed by atoms with Crippen LogP contribution in [0.15, 0.2) is 29.2 Å². The maximum Gasteiger partial charge on any atom is 0.241 e. The second-order valence-electron chi connectivity index (χ2n) is 4.75. The standard InChI is InChI=1S/C13H18N2O2S/c1-10(2)8-12(9-14)15-18(16,17)13-6-4-11(3)5-7-13/h4-7,10,12,15H,8H2,1-3H3. The van der Waals surface area contributed by atoms with Crippen LogP contribution < -0.4 is 4.72 Å². The molecule has 1 aromatic rings. The van der Waals surface area contributed by atoms with Crippen LogP contribution in [0.1, 0.15) is 25.8 Å². The lowest BCUT2D eigenvalue weighted by Gasteiger charge is -2.14. The number of hydrogen-bond donors (Lipinski definition) is 1. The molecule has 0 bridgehead atoms. The molecular weight excluding hydrogens is 248 g/mol. The number of sulfonamides is 1. The first-order chi connectivity index (χ1) is 8.35. The summed E-state index contributed by atoms with van der Waals surface area (Å²) in [5.41, 5.74) is 0.993. The summed E-state index contributed by atoms with van der Waals surface area (Å²) in [7, 11) is -3.61. The van der Waals surface area contributed by atoms with Crippen molar-refractivity contribution in [1.29, 1.82) is 5.26 Å². The maximum absolute atomic E-state index is 12.0. The van der Waals surface area contributed by atoms with Crippen molar-refractivity contribution in [2.75, 3.05) is 0 Å². The van der Waals surface area contributed by atoms with Crippen molar-refractivity contribution >= 4 is 10.0 Å². The van der Waals surface area contributed by atoms with Crippen LogP contribution in [0.5, 0.6) is 0 Å². The molecule has 0 heterocycles. The number of nitriles is 1. The molecular formula is C13H18N2O2S. The highest BCUT2D eigenvalue weighted by molar-refractivity contribution is 7.89. The molecule has 4 nitrogen and oxygen atoms in total. The summed E-state index contributed by atoms with van der Waals surface area (Å²) in [6, 6.07) is 7.85. The van der Waals surface area contributed by atoms with Crippen molar-refractivity contribution in [3.05, 3.63) is 29.8 Å². The Morgan fingerprint density at radius 1 is 1.28 bits per heavy atom. The molecule has 1 rings (SSSR count). The molecule has 1 aromatic carbocycles. The lowest BCUT2D eigenvalue weighted by atomic mass is 10.1. The minimum Gasteiger partial charge on any atom is -0.207 e. The van der Waals surface area contributed by atoms with Gasteiger partial charge in [0.25, 0.3) is 0 Å². The molecule has 0 aromatic heterocycles. The summed E-state index contributed by atoms with van der Waals surface area (Å²) < 4.78 is 26.5. The summed E-state index contributed by atoms with van der Waals surface area (Å²) in [6.45, 7) is 5.79. The molecule has 0 radical (unpaired) electrons. The predicted octanol–water partition coefficient (Wildman–Crippen LogP) is 2.21. The third-order valence-electron chi connectivity index (χ3n) is 2.49. The topological polar surface area (TPSA) is 70.0 Å². The van der Waals surface area contributed by atoms with Crippen molar-refractivity contribution in [1.82, 2.24) is 4.72 Å². The van der Waals surface area contributed by atoms with E-state index in [9.17, 15) is 8.42 Å². The van der Waals surface area contributed by atoms with E-state index in [1.165, 1.54) is 0 Å². The Labute approximate surface area is 109 Å². The minimum atomic E-state index is -3.61. The van der Waals surface area contributed by atoms with E-state index >= 15 is 0 Å². The fourth-order valence-corrected chi connectivity index (χ4v) is 2.73. The third-order valence-corrected chi connectivity index (χ3v) is 3.98. The predicted molar refractivity (Wildman–Crippen MR) is 70.4 cm³/mol. The van der Waals surface area contributed by atoms with E-state index in [-0.39, 0.29) is 10.8 Å². The van der Waals surface area contributed by atoms with E-state index in [4.69, 9.17) is 5.26 Å². The highest BCUT2D eigenvalue weighted by Gasteiger charge is 2.20. The van der Waals surface area contributed by atoms with Gasteiger partial charge in [-0.2, -0.15) is 9.98 Å². The minimum absolute atomic E-state index is 0.192. The fraction of sp³-hybridized carbons (Fsp3) is 0.462. The molecule has 0 aliphatic heterocycles. The summed E-state index contributed by atoms with van der Waals surface area (Å²) in [4.78, 5) is 0.192. The van der Waals surface area contributed by atoms with Crippen molar-refractivity contribution < 1.29 is 8.42 Å². The Morgan fingerprint density at radius 2 is 1.83 bits per heavy atom. The molecule has 1 N–H and O–H groups in total. The van der Waals surface area contributed by atoms with Crippen LogP contribution in [0.3, 0.4) is 0 Å². The highest BCUT2D eigenvalue weighted by atomic mass is 32.2. The average Bonchev–Trinajstić information content (AvgIpc) is 2.27. The van der Waals surface area contributed by atoms with Gasteiger partial charge >= 0.3 is 0 Å². The lowest BCUT2D eigenvalue weighted by molar-refractivity contribution is 0.512. The van der Waals surface area contributed by atoms with Crippen molar-refractivity contribution in [2.45, 2.75) is 38.1 Å². The zero-order valence-electron chi connectivity index (χ0n) is 10.8. The van der Waals surface area contributed by atoms with Crippen molar-refractivity contribution in [3.63, 3.8) is 0 Å². The zero-order valence-corrected chi connectivity index (χ0v) is 11.7. The van der Waals surface area contributed by atoms with E-state index in [2.05, 4.69) is 4.72 Å². The van der Waals surface area contributed by atoms with Gasteiger partial charge in [0.15, 0.2) is 0 Å². The Bertz CT molecular complexity index is 527. The van der Waals surface area contributed by atoms with E-state index in [0.717, 1.165) is 5.56 Å². The van der Waals surface area contributed by atoms with Crippen molar-refractivity contribution in [3.8, 4) is 6.07 Å². The van der Waals surface area contributed by atoms with Gasteiger partial charge in [-0.25, -0.2) is 8.42 Å². The monoisotopic (exact) mass is 266 g/mol. The molecule has 0 aliphatic carbocycles. The van der Waals surface area contributed by atoms with Crippen LogP contribution in [0.4, 0.5) is 0 Å². The van der Waals surface area contributed by atoms with Gasteiger partial charge in [0.05, 0.1) is 11.0 Å². The highest BCUT2D eigenvalue weighted by Crippen LogP contribution is 2.12. The second-order valence-corrected chi connectivity index (χ2v) is 6.46. The molecule has 98 valence electrons. The largest absolute Gasteiger partial charge is 0.241 e. The Kier molecular flexibility index (Phi) is 4.88. The molecule has 0 spiro atoms. The second kappa shape index (κ2) is 5.98. The Balaban J connectivity index is 2.88. The normalized spacial score (nSPS) is 13.3. The molecule has 1 unspecified atom stereocenters. The van der Waals surface area contributed by atoms with Gasteiger partial charge in [-0.05, 0) is 31.4 Å². The first-order valence-electron chi connectivity index (χ1n) is 5.84. The Hall–Kier alpha value is -1.38. The van der Waals surface area contributed by atoms with E-state index in [0.29, 0.717) is 6.42 Å². The smallest absolute Gasteiger partial charge is 0.207 e. The summed E-state index contributed by atoms with van der Waals surface area (Å²) >= 11 is 0. The summed E-state index contributed by atoms with van der Waals surface area (Å²) in [6.07, 6.45) is 0.502. The molecule has 0 aliphatic rings. The fourth-order valence-electron chi connectivity index (χ4n) is 1.57. The van der Waals surface area contributed by atoms with Crippen molar-refractivity contribution in [2.24, 2.45) is 5.92 Å².